The Morgan fingerprint density at radius 3 is 2.57 bits per heavy atom. The summed E-state index contributed by atoms with van der Waals surface area (Å²) >= 11 is 0. The normalized spacial score (nSPS) is 18.2. The highest BCUT2D eigenvalue weighted by molar-refractivity contribution is 5.87. The van der Waals surface area contributed by atoms with E-state index >= 15 is 0 Å². The van der Waals surface area contributed by atoms with Crippen LogP contribution in [0.15, 0.2) is 54.6 Å². The number of nitrogens with zero attached hydrogens (tertiary/aromatic N) is 1. The van der Waals surface area contributed by atoms with E-state index < -0.39 is 0 Å². The van der Waals surface area contributed by atoms with Crippen LogP contribution in [0.2, 0.25) is 0 Å². The zero-order chi connectivity index (χ0) is 15.6. The van der Waals surface area contributed by atoms with Crippen molar-refractivity contribution in [3.05, 3.63) is 65.7 Å². The Hall–Kier alpha value is -2.29. The maximum Gasteiger partial charge on any atom is 0.247 e. The van der Waals surface area contributed by atoms with Crippen molar-refractivity contribution in [2.75, 3.05) is 11.4 Å². The fourth-order valence-corrected chi connectivity index (χ4v) is 3.45. The molecule has 0 radical (unpaired) electrons. The molecule has 1 aliphatic heterocycles. The second-order valence-corrected chi connectivity index (χ2v) is 6.52. The van der Waals surface area contributed by atoms with Crippen molar-refractivity contribution in [2.45, 2.75) is 37.8 Å². The molecule has 2 aliphatic rings. The Bertz CT molecular complexity index is 694. The summed E-state index contributed by atoms with van der Waals surface area (Å²) in [5.74, 6) is 0.135. The molecular weight excluding hydrogens is 284 g/mol. The van der Waals surface area contributed by atoms with Gasteiger partial charge in [0, 0.05) is 18.3 Å². The Labute approximate surface area is 137 Å². The average Bonchev–Trinajstić information content (AvgIpc) is 3.40. The molecule has 1 aliphatic carbocycles. The molecule has 3 nitrogen and oxygen atoms in total. The van der Waals surface area contributed by atoms with E-state index in [-0.39, 0.29) is 11.9 Å². The largest absolute Gasteiger partial charge is 0.356 e. The van der Waals surface area contributed by atoms with E-state index in [2.05, 4.69) is 46.6 Å². The number of nitrogens with one attached hydrogen (secondary N) is 1. The van der Waals surface area contributed by atoms with Crippen molar-refractivity contribution in [3.8, 4) is 0 Å². The number of carbonyl (C=O) groups is 1. The topological polar surface area (TPSA) is 32.3 Å². The van der Waals surface area contributed by atoms with Crippen LogP contribution in [0.25, 0.3) is 0 Å². The number of carbonyl (C=O) groups excluding carboxylic acids is 1. The molecule has 1 atom stereocenters. The summed E-state index contributed by atoms with van der Waals surface area (Å²) in [4.78, 5) is 15.2. The molecule has 118 valence electrons. The molecule has 1 saturated carbocycles. The second kappa shape index (κ2) is 6.07. The molecule has 1 unspecified atom stereocenters. The second-order valence-electron chi connectivity index (χ2n) is 6.52. The van der Waals surface area contributed by atoms with Gasteiger partial charge in [-0.2, -0.15) is 0 Å². The Morgan fingerprint density at radius 2 is 1.78 bits per heavy atom. The fraction of sp³-hybridized carbons (Fsp3) is 0.350. The molecule has 3 heteroatoms. The lowest BCUT2D eigenvalue weighted by atomic mass is 9.96. The summed E-state index contributed by atoms with van der Waals surface area (Å²) in [5, 5.41) is 3.20. The molecule has 1 amide bonds. The first-order valence-corrected chi connectivity index (χ1v) is 8.53. The molecule has 1 N–H and O–H groups in total. The van der Waals surface area contributed by atoms with Gasteiger partial charge in [-0.05, 0) is 42.9 Å². The smallest absolute Gasteiger partial charge is 0.247 e. The minimum atomic E-state index is -0.238. The summed E-state index contributed by atoms with van der Waals surface area (Å²) < 4.78 is 0. The number of benzene rings is 2. The average molecular weight is 306 g/mol. The van der Waals surface area contributed by atoms with E-state index in [0.29, 0.717) is 6.04 Å². The van der Waals surface area contributed by atoms with Gasteiger partial charge in [0.2, 0.25) is 5.91 Å². The quantitative estimate of drug-likeness (QED) is 0.938. The Balaban J connectivity index is 1.72. The number of para-hydroxylation sites is 1. The SMILES string of the molecule is O=C(NC1CC1)C(c1ccccc1)N1CCCc2ccccc21. The predicted molar refractivity (Wildman–Crippen MR) is 92.5 cm³/mol. The van der Waals surface area contributed by atoms with Crippen LogP contribution >= 0.6 is 0 Å². The van der Waals surface area contributed by atoms with Gasteiger partial charge >= 0.3 is 0 Å². The molecule has 0 aromatic heterocycles. The highest BCUT2D eigenvalue weighted by Gasteiger charge is 2.33. The molecular formula is C20H22N2O. The van der Waals surface area contributed by atoms with Crippen molar-refractivity contribution < 1.29 is 4.79 Å². The molecule has 0 bridgehead atoms. The number of aryl methyl sites for hydroxylation is 1. The summed E-state index contributed by atoms with van der Waals surface area (Å²) in [7, 11) is 0. The third-order valence-corrected chi connectivity index (χ3v) is 4.75. The molecule has 1 heterocycles. The molecule has 0 saturated heterocycles. The number of fused-ring (bicyclic) bond motifs is 1. The zero-order valence-electron chi connectivity index (χ0n) is 13.2. The lowest BCUT2D eigenvalue weighted by molar-refractivity contribution is -0.122. The number of amides is 1. The Kier molecular flexibility index (Phi) is 3.78. The summed E-state index contributed by atoms with van der Waals surface area (Å²) in [6.07, 6.45) is 4.42. The first kappa shape index (κ1) is 14.3. The third-order valence-electron chi connectivity index (χ3n) is 4.75. The summed E-state index contributed by atoms with van der Waals surface area (Å²) in [5.41, 5.74) is 3.62. The Morgan fingerprint density at radius 1 is 1.04 bits per heavy atom. The summed E-state index contributed by atoms with van der Waals surface area (Å²) in [6.45, 7) is 0.925. The molecule has 2 aromatic rings. The molecule has 0 spiro atoms. The molecule has 1 fully saturated rings. The highest BCUT2D eigenvalue weighted by Crippen LogP contribution is 2.34. The predicted octanol–water partition coefficient (Wildman–Crippen LogP) is 3.46. The van der Waals surface area contributed by atoms with Crippen LogP contribution in [-0.2, 0) is 11.2 Å². The van der Waals surface area contributed by atoms with Crippen molar-refractivity contribution in [2.24, 2.45) is 0 Å². The van der Waals surface area contributed by atoms with E-state index in [1.54, 1.807) is 0 Å². The van der Waals surface area contributed by atoms with Crippen molar-refractivity contribution in [1.29, 1.82) is 0 Å². The van der Waals surface area contributed by atoms with Crippen LogP contribution < -0.4 is 10.2 Å². The van der Waals surface area contributed by atoms with Gasteiger partial charge in [-0.3, -0.25) is 4.79 Å². The monoisotopic (exact) mass is 306 g/mol. The van der Waals surface area contributed by atoms with E-state index in [1.807, 2.05) is 18.2 Å². The van der Waals surface area contributed by atoms with E-state index in [9.17, 15) is 4.79 Å². The zero-order valence-corrected chi connectivity index (χ0v) is 13.2. The third kappa shape index (κ3) is 2.96. The van der Waals surface area contributed by atoms with Crippen LogP contribution in [0.1, 0.15) is 36.4 Å². The van der Waals surface area contributed by atoms with Crippen LogP contribution in [0.3, 0.4) is 0 Å². The van der Waals surface area contributed by atoms with Gasteiger partial charge in [-0.15, -0.1) is 0 Å². The van der Waals surface area contributed by atoms with E-state index in [4.69, 9.17) is 0 Å². The molecule has 4 rings (SSSR count). The van der Waals surface area contributed by atoms with Gasteiger partial charge in [0.1, 0.15) is 6.04 Å². The van der Waals surface area contributed by atoms with Crippen LogP contribution in [0.4, 0.5) is 5.69 Å². The van der Waals surface area contributed by atoms with Crippen molar-refractivity contribution >= 4 is 11.6 Å². The van der Waals surface area contributed by atoms with Crippen molar-refractivity contribution in [3.63, 3.8) is 0 Å². The van der Waals surface area contributed by atoms with Gasteiger partial charge in [0.05, 0.1) is 0 Å². The van der Waals surface area contributed by atoms with Crippen LogP contribution in [0.5, 0.6) is 0 Å². The van der Waals surface area contributed by atoms with E-state index in [0.717, 1.165) is 37.8 Å². The number of rotatable bonds is 4. The maximum atomic E-state index is 13.0. The first-order valence-electron chi connectivity index (χ1n) is 8.53. The minimum Gasteiger partial charge on any atom is -0.356 e. The first-order chi connectivity index (χ1) is 11.3. The number of hydrogen-bond donors (Lipinski definition) is 1. The van der Waals surface area contributed by atoms with E-state index in [1.165, 1.54) is 11.3 Å². The lowest BCUT2D eigenvalue weighted by Crippen LogP contribution is -2.43. The standard InChI is InChI=1S/C20H22N2O/c23-20(21-17-12-13-17)19(16-8-2-1-3-9-16)22-14-6-10-15-7-4-5-11-18(15)22/h1-5,7-9,11,17,19H,6,10,12-14H2,(H,21,23). The number of hydrogen-bond acceptors (Lipinski definition) is 2. The van der Waals surface area contributed by atoms with Crippen molar-refractivity contribution in [1.82, 2.24) is 5.32 Å². The minimum absolute atomic E-state index is 0.135. The van der Waals surface area contributed by atoms with Gasteiger partial charge in [0.15, 0.2) is 0 Å². The van der Waals surface area contributed by atoms with Gasteiger partial charge < -0.3 is 10.2 Å². The van der Waals surface area contributed by atoms with Gasteiger partial charge in [-0.25, -0.2) is 0 Å². The van der Waals surface area contributed by atoms with Gasteiger partial charge in [-0.1, -0.05) is 48.5 Å². The fourth-order valence-electron chi connectivity index (χ4n) is 3.45. The summed E-state index contributed by atoms with van der Waals surface area (Å²) in [6, 6.07) is 18.8. The molecule has 2 aromatic carbocycles. The lowest BCUT2D eigenvalue weighted by Gasteiger charge is -2.37. The number of anilines is 1. The maximum absolute atomic E-state index is 13.0. The van der Waals surface area contributed by atoms with Crippen LogP contribution in [-0.4, -0.2) is 18.5 Å². The highest BCUT2D eigenvalue weighted by atomic mass is 16.2. The van der Waals surface area contributed by atoms with Crippen LogP contribution in [0, 0.1) is 0 Å². The molecule has 23 heavy (non-hydrogen) atoms. The van der Waals surface area contributed by atoms with Gasteiger partial charge in [0.25, 0.3) is 0 Å².